The SMILES string of the molecule is Cc1ccc(C(=O)N2CCc3[c]nc(C(N)=O)nc3C2)cc1. The Hall–Kier alpha value is -2.76. The van der Waals surface area contributed by atoms with Crippen molar-refractivity contribution in [3.05, 3.63) is 58.7 Å². The number of fused-ring (bicyclic) bond motifs is 1. The molecule has 2 aromatic rings. The van der Waals surface area contributed by atoms with Crippen molar-refractivity contribution in [2.45, 2.75) is 19.9 Å². The third-order valence-electron chi connectivity index (χ3n) is 3.66. The van der Waals surface area contributed by atoms with Crippen LogP contribution in [0.1, 0.15) is 37.8 Å². The van der Waals surface area contributed by atoms with Crippen molar-refractivity contribution in [2.75, 3.05) is 6.54 Å². The number of carbonyl (C=O) groups excluding carboxylic acids is 2. The van der Waals surface area contributed by atoms with Crippen LogP contribution < -0.4 is 5.73 Å². The van der Waals surface area contributed by atoms with Gasteiger partial charge in [-0.3, -0.25) is 9.59 Å². The van der Waals surface area contributed by atoms with Crippen LogP contribution >= 0.6 is 0 Å². The van der Waals surface area contributed by atoms with Crippen LogP contribution in [0.5, 0.6) is 0 Å². The fraction of sp³-hybridized carbons (Fsp3) is 0.250. The normalized spacial score (nSPS) is 13.6. The van der Waals surface area contributed by atoms with Crippen molar-refractivity contribution in [3.63, 3.8) is 0 Å². The summed E-state index contributed by atoms with van der Waals surface area (Å²) in [7, 11) is 0. The lowest BCUT2D eigenvalue weighted by Gasteiger charge is -2.28. The van der Waals surface area contributed by atoms with E-state index in [4.69, 9.17) is 5.73 Å². The standard InChI is InChI=1S/C16H15N4O2/c1-10-2-4-11(5-3-10)16(22)20-7-6-12-8-18-15(14(17)21)19-13(12)9-20/h2-5H,6-7,9H2,1H3,(H2,17,21). The number of primary amides is 1. The summed E-state index contributed by atoms with van der Waals surface area (Å²) in [5.74, 6) is -0.811. The van der Waals surface area contributed by atoms with Gasteiger partial charge in [0, 0.05) is 17.7 Å². The third kappa shape index (κ3) is 2.67. The number of amides is 2. The van der Waals surface area contributed by atoms with E-state index in [9.17, 15) is 9.59 Å². The fourth-order valence-electron chi connectivity index (χ4n) is 2.41. The molecule has 22 heavy (non-hydrogen) atoms. The Labute approximate surface area is 128 Å². The minimum atomic E-state index is -0.693. The number of carbonyl (C=O) groups is 2. The second kappa shape index (κ2) is 5.55. The molecular weight excluding hydrogens is 280 g/mol. The van der Waals surface area contributed by atoms with E-state index in [1.54, 1.807) is 4.90 Å². The van der Waals surface area contributed by atoms with Crippen LogP contribution in [-0.2, 0) is 13.0 Å². The molecule has 2 heterocycles. The molecule has 0 saturated heterocycles. The summed E-state index contributed by atoms with van der Waals surface area (Å²) in [6.45, 7) is 2.89. The summed E-state index contributed by atoms with van der Waals surface area (Å²) in [6.07, 6.45) is 3.41. The summed E-state index contributed by atoms with van der Waals surface area (Å²) in [4.78, 5) is 33.3. The smallest absolute Gasteiger partial charge is 0.286 e. The van der Waals surface area contributed by atoms with Gasteiger partial charge in [0.15, 0.2) is 0 Å². The maximum absolute atomic E-state index is 12.5. The molecule has 1 aromatic heterocycles. The lowest BCUT2D eigenvalue weighted by atomic mass is 10.0. The topological polar surface area (TPSA) is 89.2 Å². The van der Waals surface area contributed by atoms with E-state index in [1.807, 2.05) is 31.2 Å². The predicted molar refractivity (Wildman–Crippen MR) is 79.0 cm³/mol. The van der Waals surface area contributed by atoms with Crippen LogP contribution in [0.25, 0.3) is 0 Å². The van der Waals surface area contributed by atoms with Gasteiger partial charge in [0.25, 0.3) is 11.8 Å². The average Bonchev–Trinajstić information content (AvgIpc) is 2.53. The summed E-state index contributed by atoms with van der Waals surface area (Å²) in [5, 5.41) is 0. The van der Waals surface area contributed by atoms with Gasteiger partial charge in [-0.1, -0.05) is 17.7 Å². The van der Waals surface area contributed by atoms with Crippen molar-refractivity contribution in [1.82, 2.24) is 14.9 Å². The van der Waals surface area contributed by atoms with E-state index >= 15 is 0 Å². The van der Waals surface area contributed by atoms with Gasteiger partial charge >= 0.3 is 0 Å². The summed E-state index contributed by atoms with van der Waals surface area (Å²) in [6, 6.07) is 7.45. The summed E-state index contributed by atoms with van der Waals surface area (Å²) in [5.41, 5.74) is 8.39. The number of aromatic nitrogens is 2. The highest BCUT2D eigenvalue weighted by Gasteiger charge is 2.24. The molecule has 111 valence electrons. The van der Waals surface area contributed by atoms with E-state index < -0.39 is 5.91 Å². The van der Waals surface area contributed by atoms with E-state index in [0.717, 1.165) is 11.1 Å². The zero-order valence-corrected chi connectivity index (χ0v) is 12.2. The first-order valence-electron chi connectivity index (χ1n) is 6.98. The van der Waals surface area contributed by atoms with Crippen LogP contribution in [0.15, 0.2) is 24.3 Å². The molecule has 0 atom stereocenters. The van der Waals surface area contributed by atoms with E-state index in [0.29, 0.717) is 30.8 Å². The number of rotatable bonds is 2. The van der Waals surface area contributed by atoms with Crippen molar-refractivity contribution < 1.29 is 9.59 Å². The van der Waals surface area contributed by atoms with E-state index in [1.165, 1.54) is 0 Å². The summed E-state index contributed by atoms with van der Waals surface area (Å²) >= 11 is 0. The van der Waals surface area contributed by atoms with Gasteiger partial charge < -0.3 is 10.6 Å². The molecule has 1 radical (unpaired) electrons. The Bertz CT molecular complexity index is 740. The Morgan fingerprint density at radius 3 is 2.68 bits per heavy atom. The Morgan fingerprint density at radius 1 is 1.27 bits per heavy atom. The monoisotopic (exact) mass is 295 g/mol. The van der Waals surface area contributed by atoms with Gasteiger partial charge in [0.05, 0.1) is 18.4 Å². The molecule has 3 rings (SSSR count). The van der Waals surface area contributed by atoms with Crippen LogP contribution in [0.2, 0.25) is 0 Å². The first-order valence-corrected chi connectivity index (χ1v) is 6.98. The Morgan fingerprint density at radius 2 is 2.00 bits per heavy atom. The van der Waals surface area contributed by atoms with Gasteiger partial charge in [0.2, 0.25) is 5.82 Å². The number of benzene rings is 1. The highest BCUT2D eigenvalue weighted by Crippen LogP contribution is 2.18. The fourth-order valence-corrected chi connectivity index (χ4v) is 2.41. The van der Waals surface area contributed by atoms with E-state index in [-0.39, 0.29) is 11.7 Å². The van der Waals surface area contributed by atoms with Gasteiger partial charge in [-0.25, -0.2) is 9.97 Å². The average molecular weight is 295 g/mol. The zero-order valence-electron chi connectivity index (χ0n) is 12.2. The molecule has 0 unspecified atom stereocenters. The van der Waals surface area contributed by atoms with Crippen LogP contribution in [0.4, 0.5) is 0 Å². The van der Waals surface area contributed by atoms with Gasteiger partial charge in [-0.15, -0.1) is 0 Å². The molecular formula is C16H15N4O2. The lowest BCUT2D eigenvalue weighted by Crippen LogP contribution is -2.37. The largest absolute Gasteiger partial charge is 0.363 e. The molecule has 0 fully saturated rings. The lowest BCUT2D eigenvalue weighted by molar-refractivity contribution is 0.0731. The van der Waals surface area contributed by atoms with Crippen molar-refractivity contribution in [2.24, 2.45) is 5.73 Å². The number of nitrogens with zero attached hydrogens (tertiary/aromatic N) is 3. The first-order chi connectivity index (χ1) is 10.5. The second-order valence-electron chi connectivity index (χ2n) is 5.29. The number of hydrogen-bond donors (Lipinski definition) is 1. The summed E-state index contributed by atoms with van der Waals surface area (Å²) < 4.78 is 0. The number of hydrogen-bond acceptors (Lipinski definition) is 4. The predicted octanol–water partition coefficient (Wildman–Crippen LogP) is 0.883. The molecule has 6 nitrogen and oxygen atoms in total. The van der Waals surface area contributed by atoms with Crippen molar-refractivity contribution >= 4 is 11.8 Å². The highest BCUT2D eigenvalue weighted by molar-refractivity contribution is 5.94. The maximum atomic E-state index is 12.5. The molecule has 0 spiro atoms. The minimum Gasteiger partial charge on any atom is -0.363 e. The molecule has 1 aliphatic rings. The molecule has 2 N–H and O–H groups in total. The van der Waals surface area contributed by atoms with Crippen LogP contribution in [0.3, 0.4) is 0 Å². The number of nitrogens with two attached hydrogens (primary N) is 1. The minimum absolute atomic E-state index is 0.0510. The Kier molecular flexibility index (Phi) is 3.58. The van der Waals surface area contributed by atoms with Gasteiger partial charge in [0.1, 0.15) is 0 Å². The maximum Gasteiger partial charge on any atom is 0.286 e. The van der Waals surface area contributed by atoms with Gasteiger partial charge in [-0.2, -0.15) is 0 Å². The Balaban J connectivity index is 1.84. The molecule has 1 aliphatic heterocycles. The zero-order chi connectivity index (χ0) is 15.7. The van der Waals surface area contributed by atoms with Crippen molar-refractivity contribution in [1.29, 1.82) is 0 Å². The first kappa shape index (κ1) is 14.2. The molecule has 6 heteroatoms. The van der Waals surface area contributed by atoms with Crippen LogP contribution in [0, 0.1) is 13.1 Å². The third-order valence-corrected chi connectivity index (χ3v) is 3.66. The highest BCUT2D eigenvalue weighted by atomic mass is 16.2. The molecule has 2 amide bonds. The second-order valence-corrected chi connectivity index (χ2v) is 5.29. The molecule has 0 bridgehead atoms. The number of aryl methyl sites for hydroxylation is 1. The van der Waals surface area contributed by atoms with E-state index in [2.05, 4.69) is 16.2 Å². The van der Waals surface area contributed by atoms with Crippen molar-refractivity contribution in [3.8, 4) is 0 Å². The van der Waals surface area contributed by atoms with Gasteiger partial charge in [-0.05, 0) is 25.5 Å². The molecule has 0 aliphatic carbocycles. The molecule has 0 saturated carbocycles. The quantitative estimate of drug-likeness (QED) is 0.890. The molecule has 1 aromatic carbocycles. The van der Waals surface area contributed by atoms with Crippen LogP contribution in [-0.4, -0.2) is 33.2 Å².